The molecule has 0 N–H and O–H groups in total. The molecular weight excluding hydrogens is 294 g/mol. The van der Waals surface area contributed by atoms with Crippen molar-refractivity contribution in [2.24, 2.45) is 0 Å². The van der Waals surface area contributed by atoms with Crippen molar-refractivity contribution in [1.82, 2.24) is 4.90 Å². The summed E-state index contributed by atoms with van der Waals surface area (Å²) in [4.78, 5) is 14.1. The molecule has 0 aromatic heterocycles. The van der Waals surface area contributed by atoms with Crippen molar-refractivity contribution in [3.63, 3.8) is 0 Å². The van der Waals surface area contributed by atoms with E-state index in [2.05, 4.69) is 13.8 Å². The first-order valence-electron chi connectivity index (χ1n) is 9.60. The van der Waals surface area contributed by atoms with Gasteiger partial charge in [-0.15, -0.1) is 11.6 Å². The molecule has 0 bridgehead atoms. The van der Waals surface area contributed by atoms with Crippen LogP contribution in [-0.2, 0) is 4.79 Å². The van der Waals surface area contributed by atoms with Crippen molar-refractivity contribution in [3.8, 4) is 0 Å². The molecule has 0 aromatic rings. The Balaban J connectivity index is 3.50. The number of amides is 1. The molecule has 0 aliphatic carbocycles. The third-order valence-electron chi connectivity index (χ3n) is 4.29. The summed E-state index contributed by atoms with van der Waals surface area (Å²) in [5.41, 5.74) is 0. The molecule has 0 radical (unpaired) electrons. The van der Waals surface area contributed by atoms with Gasteiger partial charge < -0.3 is 4.90 Å². The topological polar surface area (TPSA) is 20.3 Å². The van der Waals surface area contributed by atoms with Crippen molar-refractivity contribution >= 4 is 17.5 Å². The van der Waals surface area contributed by atoms with Gasteiger partial charge in [-0.25, -0.2) is 0 Å². The Labute approximate surface area is 144 Å². The van der Waals surface area contributed by atoms with Crippen LogP contribution in [0.4, 0.5) is 0 Å². The molecule has 0 aliphatic heterocycles. The molecule has 3 heteroatoms. The van der Waals surface area contributed by atoms with Crippen LogP contribution in [0.1, 0.15) is 97.3 Å². The molecule has 0 saturated heterocycles. The van der Waals surface area contributed by atoms with Gasteiger partial charge in [0.25, 0.3) is 0 Å². The van der Waals surface area contributed by atoms with Gasteiger partial charge in [0.05, 0.1) is 0 Å². The van der Waals surface area contributed by atoms with Crippen molar-refractivity contribution in [1.29, 1.82) is 0 Å². The van der Waals surface area contributed by atoms with Gasteiger partial charge in [0, 0.05) is 25.4 Å². The number of rotatable bonds is 16. The number of alkyl halides is 1. The molecule has 0 rings (SSSR count). The normalized spacial score (nSPS) is 10.9. The zero-order chi connectivity index (χ0) is 16.5. The minimum absolute atomic E-state index is 0.330. The Hall–Kier alpha value is -0.240. The highest BCUT2D eigenvalue weighted by molar-refractivity contribution is 6.17. The summed E-state index contributed by atoms with van der Waals surface area (Å²) in [5, 5.41) is 0. The molecule has 0 heterocycles. The van der Waals surface area contributed by atoms with Gasteiger partial charge in [0.15, 0.2) is 0 Å². The predicted molar refractivity (Wildman–Crippen MR) is 98.7 cm³/mol. The number of hydrogen-bond donors (Lipinski definition) is 0. The first-order valence-corrected chi connectivity index (χ1v) is 10.1. The maximum Gasteiger partial charge on any atom is 0.222 e. The summed E-state index contributed by atoms with van der Waals surface area (Å²) in [6.45, 7) is 6.15. The lowest BCUT2D eigenvalue weighted by atomic mass is 10.1. The summed E-state index contributed by atoms with van der Waals surface area (Å²) in [7, 11) is 0. The predicted octanol–water partition coefficient (Wildman–Crippen LogP) is 6.16. The number of nitrogens with zero attached hydrogens (tertiary/aromatic N) is 1. The number of unbranched alkanes of at least 4 members (excludes halogenated alkanes) is 10. The van der Waals surface area contributed by atoms with E-state index in [1.165, 1.54) is 51.4 Å². The highest BCUT2D eigenvalue weighted by Gasteiger charge is 2.10. The van der Waals surface area contributed by atoms with Crippen LogP contribution >= 0.6 is 11.6 Å². The van der Waals surface area contributed by atoms with Crippen molar-refractivity contribution in [2.45, 2.75) is 97.3 Å². The number of carbonyl (C=O) groups is 1. The Morgan fingerprint density at radius 2 is 1.32 bits per heavy atom. The first-order chi connectivity index (χ1) is 10.8. The number of carbonyl (C=O) groups excluding carboxylic acids is 1. The average molecular weight is 332 g/mol. The van der Waals surface area contributed by atoms with Gasteiger partial charge in [0.1, 0.15) is 0 Å². The largest absolute Gasteiger partial charge is 0.343 e. The maximum atomic E-state index is 12.1. The van der Waals surface area contributed by atoms with Crippen LogP contribution in [0, 0.1) is 0 Å². The van der Waals surface area contributed by atoms with Gasteiger partial charge in [0.2, 0.25) is 5.91 Å². The molecule has 0 saturated carbocycles. The highest BCUT2D eigenvalue weighted by atomic mass is 35.5. The Bertz CT molecular complexity index is 246. The highest BCUT2D eigenvalue weighted by Crippen LogP contribution is 2.11. The van der Waals surface area contributed by atoms with Gasteiger partial charge in [-0.1, -0.05) is 64.7 Å². The zero-order valence-corrected chi connectivity index (χ0v) is 15.8. The number of hydrogen-bond acceptors (Lipinski definition) is 1. The monoisotopic (exact) mass is 331 g/mol. The molecule has 0 fully saturated rings. The number of halogens is 1. The van der Waals surface area contributed by atoms with Gasteiger partial charge >= 0.3 is 0 Å². The third kappa shape index (κ3) is 13.4. The Morgan fingerprint density at radius 1 is 0.773 bits per heavy atom. The summed E-state index contributed by atoms with van der Waals surface area (Å²) in [5.74, 6) is 1.04. The summed E-state index contributed by atoms with van der Waals surface area (Å²) >= 11 is 5.66. The molecule has 2 nitrogen and oxygen atoms in total. The van der Waals surface area contributed by atoms with Crippen LogP contribution < -0.4 is 0 Å². The van der Waals surface area contributed by atoms with Crippen LogP contribution in [0.25, 0.3) is 0 Å². The average Bonchev–Trinajstić information content (AvgIpc) is 2.53. The smallest absolute Gasteiger partial charge is 0.222 e. The summed E-state index contributed by atoms with van der Waals surface area (Å²) < 4.78 is 0. The van der Waals surface area contributed by atoms with Crippen LogP contribution in [0.5, 0.6) is 0 Å². The quantitative estimate of drug-likeness (QED) is 0.245. The molecule has 22 heavy (non-hydrogen) atoms. The second kappa shape index (κ2) is 17.1. The molecule has 0 unspecified atom stereocenters. The fourth-order valence-corrected chi connectivity index (χ4v) is 2.97. The van der Waals surface area contributed by atoms with E-state index in [0.717, 1.165) is 38.8 Å². The molecule has 1 amide bonds. The van der Waals surface area contributed by atoms with Crippen LogP contribution in [0.3, 0.4) is 0 Å². The second-order valence-corrected chi connectivity index (χ2v) is 6.68. The lowest BCUT2D eigenvalue weighted by Gasteiger charge is -2.20. The minimum atomic E-state index is 0.330. The van der Waals surface area contributed by atoms with E-state index in [0.29, 0.717) is 18.2 Å². The lowest BCUT2D eigenvalue weighted by molar-refractivity contribution is -0.131. The van der Waals surface area contributed by atoms with Gasteiger partial charge in [-0.2, -0.15) is 0 Å². The standard InChI is InChI=1S/C19H38ClNO/c1-3-5-6-7-8-9-10-11-15-18-21(4-2)19(22)16-13-12-14-17-20/h3-18H2,1-2H3. The molecule has 0 aliphatic rings. The summed E-state index contributed by atoms with van der Waals surface area (Å²) in [6.07, 6.45) is 15.8. The van der Waals surface area contributed by atoms with Crippen molar-refractivity contribution in [2.75, 3.05) is 19.0 Å². The second-order valence-electron chi connectivity index (χ2n) is 6.30. The zero-order valence-electron chi connectivity index (χ0n) is 15.0. The SMILES string of the molecule is CCCCCCCCCCCN(CC)C(=O)CCCCCCl. The van der Waals surface area contributed by atoms with Crippen LogP contribution in [0.2, 0.25) is 0 Å². The van der Waals surface area contributed by atoms with Crippen LogP contribution in [-0.4, -0.2) is 29.8 Å². The Morgan fingerprint density at radius 3 is 1.86 bits per heavy atom. The van der Waals surface area contributed by atoms with E-state index < -0.39 is 0 Å². The molecule has 0 atom stereocenters. The van der Waals surface area contributed by atoms with E-state index in [9.17, 15) is 4.79 Å². The molecule has 0 spiro atoms. The van der Waals surface area contributed by atoms with Crippen LogP contribution in [0.15, 0.2) is 0 Å². The van der Waals surface area contributed by atoms with E-state index in [4.69, 9.17) is 11.6 Å². The minimum Gasteiger partial charge on any atom is -0.343 e. The lowest BCUT2D eigenvalue weighted by Crippen LogP contribution is -2.31. The fourth-order valence-electron chi connectivity index (χ4n) is 2.78. The fraction of sp³-hybridized carbons (Fsp3) is 0.947. The maximum absolute atomic E-state index is 12.1. The van der Waals surface area contributed by atoms with Crippen molar-refractivity contribution < 1.29 is 4.79 Å². The third-order valence-corrected chi connectivity index (χ3v) is 4.56. The first kappa shape index (κ1) is 21.8. The van der Waals surface area contributed by atoms with Gasteiger partial charge in [-0.05, 0) is 26.2 Å². The van der Waals surface area contributed by atoms with Gasteiger partial charge in [-0.3, -0.25) is 4.79 Å². The molecular formula is C19H38ClNO. The molecule has 132 valence electrons. The van der Waals surface area contributed by atoms with Crippen molar-refractivity contribution in [3.05, 3.63) is 0 Å². The van der Waals surface area contributed by atoms with E-state index >= 15 is 0 Å². The van der Waals surface area contributed by atoms with E-state index in [1.54, 1.807) is 0 Å². The Kier molecular flexibility index (Phi) is 16.9. The van der Waals surface area contributed by atoms with E-state index in [1.807, 2.05) is 4.90 Å². The molecule has 0 aromatic carbocycles. The van der Waals surface area contributed by atoms with E-state index in [-0.39, 0.29) is 0 Å². The summed E-state index contributed by atoms with van der Waals surface area (Å²) in [6, 6.07) is 0.